The molecular weight excluding hydrogens is 318 g/mol. The molecule has 7 heteroatoms. The van der Waals surface area contributed by atoms with Gasteiger partial charge in [0.25, 0.3) is 5.91 Å². The molecule has 0 aliphatic carbocycles. The topological polar surface area (TPSA) is 86.4 Å². The number of hydrogen-bond donors (Lipinski definition) is 3. The maximum atomic E-state index is 12.3. The maximum Gasteiger partial charge on any atom is 0.319 e. The van der Waals surface area contributed by atoms with Crippen molar-refractivity contribution in [2.24, 2.45) is 0 Å². The van der Waals surface area contributed by atoms with Crippen molar-refractivity contribution < 1.29 is 9.59 Å². The molecule has 0 saturated heterocycles. The Balaban J connectivity index is 2.03. The lowest BCUT2D eigenvalue weighted by molar-refractivity contribution is 0.102. The fraction of sp³-hybridized carbons (Fsp3) is 0.278. The van der Waals surface area contributed by atoms with Crippen LogP contribution < -0.4 is 20.9 Å². The van der Waals surface area contributed by atoms with Crippen molar-refractivity contribution in [1.82, 2.24) is 10.3 Å². The Labute approximate surface area is 147 Å². The van der Waals surface area contributed by atoms with E-state index in [0.717, 1.165) is 5.82 Å². The van der Waals surface area contributed by atoms with Gasteiger partial charge in [-0.1, -0.05) is 6.07 Å². The fourth-order valence-electron chi connectivity index (χ4n) is 2.09. The van der Waals surface area contributed by atoms with Gasteiger partial charge < -0.3 is 20.9 Å². The van der Waals surface area contributed by atoms with Crippen LogP contribution in [0, 0.1) is 0 Å². The van der Waals surface area contributed by atoms with Gasteiger partial charge in [-0.15, -0.1) is 0 Å². The summed E-state index contributed by atoms with van der Waals surface area (Å²) in [4.78, 5) is 30.1. The van der Waals surface area contributed by atoms with E-state index in [1.165, 1.54) is 6.20 Å². The number of hydrogen-bond acceptors (Lipinski definition) is 4. The van der Waals surface area contributed by atoms with E-state index in [0.29, 0.717) is 16.9 Å². The van der Waals surface area contributed by atoms with Crippen LogP contribution in [0.3, 0.4) is 0 Å². The number of nitrogens with zero attached hydrogens (tertiary/aromatic N) is 2. The highest BCUT2D eigenvalue weighted by Crippen LogP contribution is 2.16. The number of pyridine rings is 1. The Kier molecular flexibility index (Phi) is 5.94. The standard InChI is InChI=1S/C18H23N5O2/c1-12(2)20-18(25)22-15-7-5-6-14(10-15)21-17(24)13-8-9-16(19-11-13)23(3)4/h5-12H,1-4H3,(H,21,24)(H2,20,22,25). The van der Waals surface area contributed by atoms with Crippen molar-refractivity contribution in [3.8, 4) is 0 Å². The van der Waals surface area contributed by atoms with Crippen LogP contribution in [-0.4, -0.2) is 37.1 Å². The first-order valence-corrected chi connectivity index (χ1v) is 7.97. The van der Waals surface area contributed by atoms with Crippen molar-refractivity contribution in [3.63, 3.8) is 0 Å². The zero-order chi connectivity index (χ0) is 18.4. The molecule has 0 radical (unpaired) electrons. The molecule has 1 aromatic heterocycles. The van der Waals surface area contributed by atoms with Crippen molar-refractivity contribution in [2.45, 2.75) is 19.9 Å². The third-order valence-electron chi connectivity index (χ3n) is 3.27. The quantitative estimate of drug-likeness (QED) is 0.780. The summed E-state index contributed by atoms with van der Waals surface area (Å²) in [6.07, 6.45) is 1.53. The van der Waals surface area contributed by atoms with Gasteiger partial charge in [0.2, 0.25) is 0 Å². The van der Waals surface area contributed by atoms with Gasteiger partial charge in [0.05, 0.1) is 5.56 Å². The highest BCUT2D eigenvalue weighted by Gasteiger charge is 2.09. The number of anilines is 3. The molecule has 2 aromatic rings. The fourth-order valence-corrected chi connectivity index (χ4v) is 2.09. The lowest BCUT2D eigenvalue weighted by Crippen LogP contribution is -2.34. The van der Waals surface area contributed by atoms with E-state index in [1.54, 1.807) is 36.4 Å². The summed E-state index contributed by atoms with van der Waals surface area (Å²) in [5.74, 6) is 0.514. The predicted octanol–water partition coefficient (Wildman–Crippen LogP) is 2.93. The van der Waals surface area contributed by atoms with E-state index in [9.17, 15) is 9.59 Å². The number of rotatable bonds is 5. The first kappa shape index (κ1) is 18.3. The zero-order valence-corrected chi connectivity index (χ0v) is 14.8. The van der Waals surface area contributed by atoms with Crippen LogP contribution >= 0.6 is 0 Å². The molecule has 0 unspecified atom stereocenters. The highest BCUT2D eigenvalue weighted by atomic mass is 16.2. The van der Waals surface area contributed by atoms with E-state index < -0.39 is 0 Å². The number of amides is 3. The first-order valence-electron chi connectivity index (χ1n) is 7.97. The Morgan fingerprint density at radius 2 is 1.72 bits per heavy atom. The lowest BCUT2D eigenvalue weighted by atomic mass is 10.2. The molecule has 2 rings (SSSR count). The Bertz CT molecular complexity index is 741. The summed E-state index contributed by atoms with van der Waals surface area (Å²) in [5.41, 5.74) is 1.64. The second-order valence-corrected chi connectivity index (χ2v) is 6.09. The molecule has 0 aliphatic rings. The molecule has 3 amide bonds. The minimum atomic E-state index is -0.290. The van der Waals surface area contributed by atoms with E-state index in [4.69, 9.17) is 0 Å². The van der Waals surface area contributed by atoms with Crippen LogP contribution in [0.4, 0.5) is 22.0 Å². The first-order chi connectivity index (χ1) is 11.8. The predicted molar refractivity (Wildman–Crippen MR) is 100 cm³/mol. The maximum absolute atomic E-state index is 12.3. The van der Waals surface area contributed by atoms with Gasteiger partial charge in [-0.2, -0.15) is 0 Å². The van der Waals surface area contributed by atoms with Crippen molar-refractivity contribution in [3.05, 3.63) is 48.2 Å². The molecule has 3 N–H and O–H groups in total. The van der Waals surface area contributed by atoms with E-state index in [-0.39, 0.29) is 18.0 Å². The molecule has 25 heavy (non-hydrogen) atoms. The summed E-state index contributed by atoms with van der Waals surface area (Å²) in [6, 6.07) is 10.2. The Hall–Kier alpha value is -3.09. The summed E-state index contributed by atoms with van der Waals surface area (Å²) < 4.78 is 0. The minimum Gasteiger partial charge on any atom is -0.363 e. The average molecular weight is 341 g/mol. The minimum absolute atomic E-state index is 0.0422. The number of aromatic nitrogens is 1. The van der Waals surface area contributed by atoms with Gasteiger partial charge >= 0.3 is 6.03 Å². The molecule has 132 valence electrons. The van der Waals surface area contributed by atoms with Crippen LogP contribution in [-0.2, 0) is 0 Å². The van der Waals surface area contributed by atoms with Gasteiger partial charge in [0.15, 0.2) is 0 Å². The van der Waals surface area contributed by atoms with Crippen molar-refractivity contribution in [2.75, 3.05) is 29.6 Å². The van der Waals surface area contributed by atoms with E-state index >= 15 is 0 Å². The summed E-state index contributed by atoms with van der Waals surface area (Å²) in [5, 5.41) is 8.27. The summed E-state index contributed by atoms with van der Waals surface area (Å²) >= 11 is 0. The molecule has 1 aromatic carbocycles. The monoisotopic (exact) mass is 341 g/mol. The number of carbonyl (C=O) groups excluding carboxylic acids is 2. The van der Waals surface area contributed by atoms with Crippen LogP contribution in [0.1, 0.15) is 24.2 Å². The van der Waals surface area contributed by atoms with Crippen LogP contribution in [0.25, 0.3) is 0 Å². The van der Waals surface area contributed by atoms with Crippen LogP contribution in [0.15, 0.2) is 42.6 Å². The molecule has 1 heterocycles. The average Bonchev–Trinajstić information content (AvgIpc) is 2.54. The molecule has 7 nitrogen and oxygen atoms in total. The normalized spacial score (nSPS) is 10.3. The number of nitrogens with one attached hydrogen (secondary N) is 3. The van der Waals surface area contributed by atoms with Gasteiger partial charge in [-0.25, -0.2) is 9.78 Å². The third-order valence-corrected chi connectivity index (χ3v) is 3.27. The molecule has 0 aliphatic heterocycles. The number of benzene rings is 1. The van der Waals surface area contributed by atoms with Gasteiger partial charge in [0, 0.05) is 37.7 Å². The molecule has 0 saturated carbocycles. The van der Waals surface area contributed by atoms with Crippen LogP contribution in [0.2, 0.25) is 0 Å². The van der Waals surface area contributed by atoms with Gasteiger partial charge in [0.1, 0.15) is 5.82 Å². The van der Waals surface area contributed by atoms with E-state index in [1.807, 2.05) is 32.8 Å². The number of carbonyl (C=O) groups is 2. The van der Waals surface area contributed by atoms with Crippen molar-refractivity contribution >= 4 is 29.1 Å². The SMILES string of the molecule is CC(C)NC(=O)Nc1cccc(NC(=O)c2ccc(N(C)C)nc2)c1. The smallest absolute Gasteiger partial charge is 0.319 e. The molecular formula is C18H23N5O2. The summed E-state index contributed by atoms with van der Waals surface area (Å²) in [6.45, 7) is 3.76. The Morgan fingerprint density at radius 1 is 1.04 bits per heavy atom. The second kappa shape index (κ2) is 8.14. The van der Waals surface area contributed by atoms with Crippen LogP contribution in [0.5, 0.6) is 0 Å². The lowest BCUT2D eigenvalue weighted by Gasteiger charge is -2.12. The molecule has 0 spiro atoms. The van der Waals surface area contributed by atoms with Gasteiger partial charge in [-0.3, -0.25) is 4.79 Å². The second-order valence-electron chi connectivity index (χ2n) is 6.09. The Morgan fingerprint density at radius 3 is 2.28 bits per heavy atom. The highest BCUT2D eigenvalue weighted by molar-refractivity contribution is 6.04. The zero-order valence-electron chi connectivity index (χ0n) is 14.8. The van der Waals surface area contributed by atoms with Gasteiger partial charge in [-0.05, 0) is 44.2 Å². The molecule has 0 atom stereocenters. The number of urea groups is 1. The largest absolute Gasteiger partial charge is 0.363 e. The molecule has 0 bridgehead atoms. The third kappa shape index (κ3) is 5.49. The van der Waals surface area contributed by atoms with E-state index in [2.05, 4.69) is 20.9 Å². The summed E-state index contributed by atoms with van der Waals surface area (Å²) in [7, 11) is 3.77. The van der Waals surface area contributed by atoms with Crippen molar-refractivity contribution in [1.29, 1.82) is 0 Å². The molecule has 0 fully saturated rings.